The average Bonchev–Trinajstić information content (AvgIpc) is 2.87. The molecule has 0 saturated heterocycles. The molecule has 2 aromatic rings. The maximum Gasteiger partial charge on any atom is 0.134 e. The van der Waals surface area contributed by atoms with E-state index in [4.69, 9.17) is 10.2 Å². The van der Waals surface area contributed by atoms with Crippen LogP contribution in [0.3, 0.4) is 0 Å². The molecule has 2 unspecified atom stereocenters. The molecule has 1 aromatic carbocycles. The van der Waals surface area contributed by atoms with Crippen molar-refractivity contribution in [3.63, 3.8) is 0 Å². The van der Waals surface area contributed by atoms with Gasteiger partial charge in [-0.1, -0.05) is 32.0 Å². The van der Waals surface area contributed by atoms with Crippen LogP contribution in [0.25, 0.3) is 11.0 Å². The minimum Gasteiger partial charge on any atom is -0.459 e. The highest BCUT2D eigenvalue weighted by atomic mass is 16.3. The summed E-state index contributed by atoms with van der Waals surface area (Å²) in [6, 6.07) is 10.9. The maximum absolute atomic E-state index is 5.99. The van der Waals surface area contributed by atoms with Crippen molar-refractivity contribution in [2.75, 3.05) is 13.1 Å². The molecular formula is C16H24N2O. The van der Waals surface area contributed by atoms with Gasteiger partial charge in [-0.05, 0) is 32.0 Å². The Morgan fingerprint density at radius 3 is 2.58 bits per heavy atom. The van der Waals surface area contributed by atoms with Crippen molar-refractivity contribution in [1.29, 1.82) is 0 Å². The zero-order valence-electron chi connectivity index (χ0n) is 12.1. The van der Waals surface area contributed by atoms with Crippen LogP contribution < -0.4 is 5.73 Å². The highest BCUT2D eigenvalue weighted by Gasteiger charge is 2.24. The van der Waals surface area contributed by atoms with Crippen molar-refractivity contribution in [3.05, 3.63) is 36.1 Å². The van der Waals surface area contributed by atoms with Crippen LogP contribution in [-0.4, -0.2) is 24.0 Å². The number of benzene rings is 1. The summed E-state index contributed by atoms with van der Waals surface area (Å²) in [4.78, 5) is 2.41. The van der Waals surface area contributed by atoms with Gasteiger partial charge in [-0.15, -0.1) is 0 Å². The highest BCUT2D eigenvalue weighted by molar-refractivity contribution is 5.77. The summed E-state index contributed by atoms with van der Waals surface area (Å²) in [6.45, 7) is 8.19. The van der Waals surface area contributed by atoms with E-state index >= 15 is 0 Å². The van der Waals surface area contributed by atoms with Gasteiger partial charge in [-0.2, -0.15) is 0 Å². The summed E-state index contributed by atoms with van der Waals surface area (Å²) in [7, 11) is 0. The number of furan rings is 1. The van der Waals surface area contributed by atoms with Crippen LogP contribution in [-0.2, 0) is 0 Å². The van der Waals surface area contributed by atoms with Crippen LogP contribution in [0.2, 0.25) is 0 Å². The van der Waals surface area contributed by atoms with E-state index < -0.39 is 0 Å². The third-order valence-electron chi connectivity index (χ3n) is 3.92. The Morgan fingerprint density at radius 1 is 1.26 bits per heavy atom. The number of hydrogen-bond donors (Lipinski definition) is 1. The van der Waals surface area contributed by atoms with Gasteiger partial charge in [0.2, 0.25) is 0 Å². The first-order chi connectivity index (χ1) is 9.21. The van der Waals surface area contributed by atoms with Gasteiger partial charge in [0.15, 0.2) is 0 Å². The first-order valence-electron chi connectivity index (χ1n) is 7.15. The van der Waals surface area contributed by atoms with Gasteiger partial charge < -0.3 is 10.2 Å². The van der Waals surface area contributed by atoms with Crippen LogP contribution in [0.5, 0.6) is 0 Å². The number of nitrogens with zero attached hydrogens (tertiary/aromatic N) is 1. The molecule has 0 aliphatic carbocycles. The lowest BCUT2D eigenvalue weighted by molar-refractivity contribution is 0.136. The number of fused-ring (bicyclic) bond motifs is 1. The summed E-state index contributed by atoms with van der Waals surface area (Å²) >= 11 is 0. The molecule has 19 heavy (non-hydrogen) atoms. The van der Waals surface area contributed by atoms with Crippen molar-refractivity contribution in [3.8, 4) is 0 Å². The third-order valence-corrected chi connectivity index (χ3v) is 3.92. The van der Waals surface area contributed by atoms with E-state index in [1.54, 1.807) is 0 Å². The summed E-state index contributed by atoms with van der Waals surface area (Å²) in [6.07, 6.45) is 1.12. The molecule has 0 fully saturated rings. The molecule has 2 rings (SSSR count). The Kier molecular flexibility index (Phi) is 4.61. The summed E-state index contributed by atoms with van der Waals surface area (Å²) in [5.74, 6) is 0.978. The summed E-state index contributed by atoms with van der Waals surface area (Å²) < 4.78 is 5.98. The first kappa shape index (κ1) is 14.1. The quantitative estimate of drug-likeness (QED) is 0.863. The molecule has 0 aliphatic heterocycles. The second-order valence-corrected chi connectivity index (χ2v) is 5.03. The van der Waals surface area contributed by atoms with Crippen molar-refractivity contribution in [2.24, 2.45) is 5.73 Å². The molecular weight excluding hydrogens is 236 g/mol. The predicted octanol–water partition coefficient (Wildman–Crippen LogP) is 3.55. The summed E-state index contributed by atoms with van der Waals surface area (Å²) in [5.41, 5.74) is 6.93. The predicted molar refractivity (Wildman–Crippen MR) is 80.1 cm³/mol. The molecule has 1 heterocycles. The van der Waals surface area contributed by atoms with Crippen LogP contribution in [0.4, 0.5) is 0 Å². The number of likely N-dealkylation sites (N-methyl/N-ethyl adjacent to an activating group) is 1. The number of para-hydroxylation sites is 1. The molecule has 0 bridgehead atoms. The average molecular weight is 260 g/mol. The Bertz CT molecular complexity index is 487. The first-order valence-corrected chi connectivity index (χ1v) is 7.15. The van der Waals surface area contributed by atoms with E-state index in [1.165, 1.54) is 0 Å². The molecule has 104 valence electrons. The smallest absolute Gasteiger partial charge is 0.134 e. The molecule has 0 radical (unpaired) electrons. The van der Waals surface area contributed by atoms with Gasteiger partial charge in [-0.3, -0.25) is 4.90 Å². The van der Waals surface area contributed by atoms with E-state index in [0.29, 0.717) is 12.6 Å². The minimum atomic E-state index is 0.160. The highest BCUT2D eigenvalue weighted by Crippen LogP contribution is 2.28. The van der Waals surface area contributed by atoms with E-state index in [2.05, 4.69) is 37.8 Å². The number of hydrogen-bond acceptors (Lipinski definition) is 3. The Hall–Kier alpha value is -1.32. The molecule has 3 nitrogen and oxygen atoms in total. The van der Waals surface area contributed by atoms with Crippen LogP contribution >= 0.6 is 0 Å². The maximum atomic E-state index is 5.99. The fraction of sp³-hybridized carbons (Fsp3) is 0.500. The van der Waals surface area contributed by atoms with E-state index in [9.17, 15) is 0 Å². The molecule has 0 aliphatic rings. The van der Waals surface area contributed by atoms with Crippen LogP contribution in [0.15, 0.2) is 34.7 Å². The second-order valence-electron chi connectivity index (χ2n) is 5.03. The normalized spacial score (nSPS) is 15.0. The number of nitrogens with two attached hydrogens (primary N) is 1. The van der Waals surface area contributed by atoms with Gasteiger partial charge in [0.25, 0.3) is 0 Å². The molecule has 0 amide bonds. The lowest BCUT2D eigenvalue weighted by Gasteiger charge is -2.33. The molecule has 1 aromatic heterocycles. The zero-order chi connectivity index (χ0) is 13.8. The molecule has 3 heteroatoms. The molecule has 0 saturated carbocycles. The van der Waals surface area contributed by atoms with Crippen molar-refractivity contribution in [2.45, 2.75) is 39.3 Å². The van der Waals surface area contributed by atoms with Crippen molar-refractivity contribution in [1.82, 2.24) is 4.90 Å². The van der Waals surface area contributed by atoms with Gasteiger partial charge >= 0.3 is 0 Å². The van der Waals surface area contributed by atoms with E-state index in [-0.39, 0.29) is 6.04 Å². The topological polar surface area (TPSA) is 42.4 Å². The molecule has 0 spiro atoms. The monoisotopic (exact) mass is 260 g/mol. The Morgan fingerprint density at radius 2 is 2.00 bits per heavy atom. The van der Waals surface area contributed by atoms with Gasteiger partial charge in [0.1, 0.15) is 11.3 Å². The third kappa shape index (κ3) is 2.82. The second kappa shape index (κ2) is 6.22. The summed E-state index contributed by atoms with van der Waals surface area (Å²) in [5, 5.41) is 1.15. The number of rotatable bonds is 6. The van der Waals surface area contributed by atoms with Gasteiger partial charge in [0, 0.05) is 18.0 Å². The lowest BCUT2D eigenvalue weighted by atomic mass is 10.1. The Balaban J connectivity index is 2.34. The molecule has 2 atom stereocenters. The zero-order valence-corrected chi connectivity index (χ0v) is 12.1. The van der Waals surface area contributed by atoms with Gasteiger partial charge in [0.05, 0.1) is 6.04 Å². The van der Waals surface area contributed by atoms with Crippen LogP contribution in [0.1, 0.15) is 39.0 Å². The molecule has 2 N–H and O–H groups in total. The van der Waals surface area contributed by atoms with Crippen molar-refractivity contribution >= 4 is 11.0 Å². The fourth-order valence-corrected chi connectivity index (χ4v) is 2.66. The standard InChI is InChI=1S/C16H24N2O/c1-4-12(3)18(5-2)14(11-17)16-10-13-8-6-7-9-15(13)19-16/h6-10,12,14H,4-5,11,17H2,1-3H3. The largest absolute Gasteiger partial charge is 0.459 e. The van der Waals surface area contributed by atoms with Crippen molar-refractivity contribution < 1.29 is 4.42 Å². The van der Waals surface area contributed by atoms with Gasteiger partial charge in [-0.25, -0.2) is 0 Å². The van der Waals surface area contributed by atoms with Crippen LogP contribution in [0, 0.1) is 0 Å². The van der Waals surface area contributed by atoms with E-state index in [1.807, 2.05) is 18.2 Å². The fourth-order valence-electron chi connectivity index (χ4n) is 2.66. The SMILES string of the molecule is CCC(C)N(CC)C(CN)c1cc2ccccc2o1. The Labute approximate surface area is 115 Å². The lowest BCUT2D eigenvalue weighted by Crippen LogP contribution is -2.39. The van der Waals surface area contributed by atoms with E-state index in [0.717, 1.165) is 29.7 Å². The minimum absolute atomic E-state index is 0.160.